The van der Waals surface area contributed by atoms with E-state index in [9.17, 15) is 4.79 Å². The molecule has 1 saturated carbocycles. The average molecular weight is 358 g/mol. The van der Waals surface area contributed by atoms with E-state index >= 15 is 0 Å². The maximum atomic E-state index is 12.2. The van der Waals surface area contributed by atoms with E-state index in [-0.39, 0.29) is 5.69 Å². The molecule has 0 saturated heterocycles. The molecule has 0 aliphatic heterocycles. The average Bonchev–Trinajstić information content (AvgIpc) is 3.31. The van der Waals surface area contributed by atoms with Crippen molar-refractivity contribution in [3.8, 4) is 17.3 Å². The zero-order valence-electron chi connectivity index (χ0n) is 11.6. The van der Waals surface area contributed by atoms with Crippen LogP contribution in [-0.2, 0) is 0 Å². The third-order valence-electron chi connectivity index (χ3n) is 3.64. The summed E-state index contributed by atoms with van der Waals surface area (Å²) in [5.74, 6) is 1.32. The van der Waals surface area contributed by atoms with Gasteiger partial charge in [-0.3, -0.25) is 0 Å². The maximum Gasteiger partial charge on any atom is 0.353 e. The fourth-order valence-corrected chi connectivity index (χ4v) is 2.76. The van der Waals surface area contributed by atoms with E-state index in [1.54, 1.807) is 6.20 Å². The van der Waals surface area contributed by atoms with Crippen molar-refractivity contribution in [2.75, 3.05) is 0 Å². The fraction of sp³-hybridized carbons (Fsp3) is 0.188. The van der Waals surface area contributed by atoms with Crippen LogP contribution in [-0.4, -0.2) is 14.5 Å². The van der Waals surface area contributed by atoms with Crippen molar-refractivity contribution in [1.82, 2.24) is 14.5 Å². The molecule has 1 aromatic carbocycles. The highest BCUT2D eigenvalue weighted by Crippen LogP contribution is 2.38. The van der Waals surface area contributed by atoms with Gasteiger partial charge in [-0.1, -0.05) is 18.2 Å². The first-order valence-electron chi connectivity index (χ1n) is 7.04. The molecule has 4 rings (SSSR count). The summed E-state index contributed by atoms with van der Waals surface area (Å²) in [5.41, 5.74) is 1.38. The number of rotatable bonds is 3. The minimum atomic E-state index is -0.335. The minimum Gasteiger partial charge on any atom is -0.427 e. The van der Waals surface area contributed by atoms with Gasteiger partial charge in [0.05, 0.1) is 5.69 Å². The van der Waals surface area contributed by atoms with Gasteiger partial charge in [0.1, 0.15) is 0 Å². The van der Waals surface area contributed by atoms with E-state index in [0.717, 1.165) is 24.1 Å². The summed E-state index contributed by atoms with van der Waals surface area (Å²) < 4.78 is 7.42. The van der Waals surface area contributed by atoms with Crippen LogP contribution in [0.2, 0.25) is 0 Å². The lowest BCUT2D eigenvalue weighted by Gasteiger charge is -2.02. The van der Waals surface area contributed by atoms with Gasteiger partial charge in [0.25, 0.3) is 0 Å². The number of nitrogens with zero attached hydrogens (tertiary/aromatic N) is 3. The standard InChI is InChI=1S/C16H12BrN3O2/c17-13-14(19-15(22-13)11-4-2-1-3-5-11)20-9-8-12(10-6-7-10)18-16(20)21/h1-5,8-10H,6-7H2. The molecular weight excluding hydrogens is 346 g/mol. The van der Waals surface area contributed by atoms with Gasteiger partial charge >= 0.3 is 5.69 Å². The van der Waals surface area contributed by atoms with Crippen LogP contribution in [0, 0.1) is 0 Å². The third-order valence-corrected chi connectivity index (χ3v) is 4.16. The number of hydrogen-bond acceptors (Lipinski definition) is 4. The molecule has 3 aromatic rings. The summed E-state index contributed by atoms with van der Waals surface area (Å²) in [5, 5.41) is 0. The second-order valence-corrected chi connectivity index (χ2v) is 5.98. The molecule has 0 atom stereocenters. The molecule has 1 fully saturated rings. The van der Waals surface area contributed by atoms with E-state index in [0.29, 0.717) is 22.3 Å². The first-order valence-corrected chi connectivity index (χ1v) is 7.83. The fourth-order valence-electron chi connectivity index (χ4n) is 2.33. The molecule has 22 heavy (non-hydrogen) atoms. The molecule has 1 aliphatic rings. The molecular formula is C16H12BrN3O2. The van der Waals surface area contributed by atoms with Crippen molar-refractivity contribution in [3.05, 3.63) is 63.4 Å². The summed E-state index contributed by atoms with van der Waals surface area (Å²) in [6.07, 6.45) is 3.94. The Hall–Kier alpha value is -2.21. The Morgan fingerprint density at radius 2 is 1.91 bits per heavy atom. The highest BCUT2D eigenvalue weighted by Gasteiger charge is 2.26. The SMILES string of the molecule is O=c1nc(C2CC2)ccn1-c1nc(-c2ccccc2)oc1Br. The van der Waals surface area contributed by atoms with Gasteiger partial charge in [0.2, 0.25) is 10.6 Å². The Morgan fingerprint density at radius 1 is 1.14 bits per heavy atom. The smallest absolute Gasteiger partial charge is 0.353 e. The zero-order valence-corrected chi connectivity index (χ0v) is 13.2. The molecule has 110 valence electrons. The number of benzene rings is 1. The van der Waals surface area contributed by atoms with Crippen LogP contribution in [0.4, 0.5) is 0 Å². The predicted octanol–water partition coefficient (Wildman–Crippen LogP) is 3.53. The molecule has 0 unspecified atom stereocenters. The van der Waals surface area contributed by atoms with Gasteiger partial charge in [0, 0.05) is 17.7 Å². The van der Waals surface area contributed by atoms with Crippen LogP contribution < -0.4 is 5.69 Å². The number of aromatic nitrogens is 3. The normalized spacial score (nSPS) is 14.2. The van der Waals surface area contributed by atoms with Crippen LogP contribution in [0.15, 0.2) is 56.5 Å². The number of halogens is 1. The quantitative estimate of drug-likeness (QED) is 0.719. The van der Waals surface area contributed by atoms with E-state index in [1.165, 1.54) is 4.57 Å². The lowest BCUT2D eigenvalue weighted by Crippen LogP contribution is -2.22. The van der Waals surface area contributed by atoms with Gasteiger partial charge in [-0.05, 0) is 47.0 Å². The Balaban J connectivity index is 1.77. The van der Waals surface area contributed by atoms with Gasteiger partial charge < -0.3 is 4.42 Å². The largest absolute Gasteiger partial charge is 0.427 e. The van der Waals surface area contributed by atoms with Crippen molar-refractivity contribution < 1.29 is 4.42 Å². The highest BCUT2D eigenvalue weighted by molar-refractivity contribution is 9.10. The van der Waals surface area contributed by atoms with E-state index in [2.05, 4.69) is 25.9 Å². The maximum absolute atomic E-state index is 12.2. The molecule has 0 bridgehead atoms. The second kappa shape index (κ2) is 5.21. The van der Waals surface area contributed by atoms with Gasteiger partial charge in [-0.25, -0.2) is 9.36 Å². The van der Waals surface area contributed by atoms with Crippen molar-refractivity contribution in [1.29, 1.82) is 0 Å². The van der Waals surface area contributed by atoms with E-state index in [1.807, 2.05) is 36.4 Å². The zero-order chi connectivity index (χ0) is 15.1. The van der Waals surface area contributed by atoms with Gasteiger partial charge in [-0.15, -0.1) is 0 Å². The van der Waals surface area contributed by atoms with Crippen molar-refractivity contribution in [3.63, 3.8) is 0 Å². The molecule has 1 aliphatic carbocycles. The Kier molecular flexibility index (Phi) is 3.18. The van der Waals surface area contributed by atoms with Gasteiger partial charge in [0.15, 0.2) is 5.82 Å². The summed E-state index contributed by atoms with van der Waals surface area (Å²) in [7, 11) is 0. The molecule has 2 aromatic heterocycles. The molecule has 0 radical (unpaired) electrons. The summed E-state index contributed by atoms with van der Waals surface area (Å²) in [6.45, 7) is 0. The molecule has 0 spiro atoms. The van der Waals surface area contributed by atoms with Crippen molar-refractivity contribution >= 4 is 15.9 Å². The van der Waals surface area contributed by atoms with Gasteiger partial charge in [-0.2, -0.15) is 9.97 Å². The monoisotopic (exact) mass is 357 g/mol. The number of oxazole rings is 1. The summed E-state index contributed by atoms with van der Waals surface area (Å²) >= 11 is 3.33. The Bertz CT molecular complexity index is 882. The third kappa shape index (κ3) is 2.39. The van der Waals surface area contributed by atoms with E-state index < -0.39 is 0 Å². The second-order valence-electron chi connectivity index (χ2n) is 5.26. The molecule has 0 amide bonds. The van der Waals surface area contributed by atoms with E-state index in [4.69, 9.17) is 4.42 Å². The Labute approximate surface area is 134 Å². The summed E-state index contributed by atoms with van der Waals surface area (Å²) in [6, 6.07) is 11.4. The van der Waals surface area contributed by atoms with Crippen molar-refractivity contribution in [2.24, 2.45) is 0 Å². The van der Waals surface area contributed by atoms with Crippen LogP contribution in [0.25, 0.3) is 17.3 Å². The van der Waals surface area contributed by atoms with Crippen LogP contribution in [0.1, 0.15) is 24.5 Å². The topological polar surface area (TPSA) is 60.9 Å². The molecule has 2 heterocycles. The predicted molar refractivity (Wildman–Crippen MR) is 85.0 cm³/mol. The highest BCUT2D eigenvalue weighted by atomic mass is 79.9. The first-order chi connectivity index (χ1) is 10.7. The Morgan fingerprint density at radius 3 is 2.59 bits per heavy atom. The molecule has 6 heteroatoms. The molecule has 0 N–H and O–H groups in total. The van der Waals surface area contributed by atoms with Crippen LogP contribution >= 0.6 is 15.9 Å². The van der Waals surface area contributed by atoms with Crippen LogP contribution in [0.3, 0.4) is 0 Å². The van der Waals surface area contributed by atoms with Crippen molar-refractivity contribution in [2.45, 2.75) is 18.8 Å². The molecule has 5 nitrogen and oxygen atoms in total. The van der Waals surface area contributed by atoms with Crippen LogP contribution in [0.5, 0.6) is 0 Å². The summed E-state index contributed by atoms with van der Waals surface area (Å²) in [4.78, 5) is 20.8. The lowest BCUT2D eigenvalue weighted by atomic mass is 10.2. The number of hydrogen-bond donors (Lipinski definition) is 0. The lowest BCUT2D eigenvalue weighted by molar-refractivity contribution is 0.547. The minimum absolute atomic E-state index is 0.335. The first kappa shape index (κ1) is 13.5.